The molecule has 0 amide bonds. The van der Waals surface area contributed by atoms with E-state index in [2.05, 4.69) is 4.98 Å². The number of nitrogens with zero attached hydrogens (tertiary/aromatic N) is 2. The Balaban J connectivity index is 1.58. The fourth-order valence-electron chi connectivity index (χ4n) is 2.41. The smallest absolute Gasteiger partial charge is 0.119 e. The van der Waals surface area contributed by atoms with Crippen LogP contribution in [0.1, 0.15) is 19.3 Å². The van der Waals surface area contributed by atoms with Crippen LogP contribution in [-0.4, -0.2) is 28.9 Å². The van der Waals surface area contributed by atoms with E-state index < -0.39 is 0 Å². The second kappa shape index (κ2) is 6.09. The van der Waals surface area contributed by atoms with Gasteiger partial charge in [-0.15, -0.1) is 0 Å². The number of hydrogen-bond donors (Lipinski definition) is 0. The van der Waals surface area contributed by atoms with E-state index in [1.807, 2.05) is 42.1 Å². The van der Waals surface area contributed by atoms with E-state index in [-0.39, 0.29) is 6.10 Å². The Bertz CT molecular complexity index is 542. The van der Waals surface area contributed by atoms with Crippen LogP contribution in [0.4, 0.5) is 0 Å². The number of ether oxygens (including phenoxy) is 2. The van der Waals surface area contributed by atoms with E-state index in [1.165, 1.54) is 12.8 Å². The molecular weight excluding hydrogens is 252 g/mol. The maximum Gasteiger partial charge on any atom is 0.119 e. The minimum absolute atomic E-state index is 0.249. The van der Waals surface area contributed by atoms with Crippen molar-refractivity contribution in [2.75, 3.05) is 13.2 Å². The molecule has 106 valence electrons. The average Bonchev–Trinajstić information content (AvgIpc) is 2.93. The highest BCUT2D eigenvalue weighted by molar-refractivity contribution is 5.59. The number of imidazole rings is 1. The van der Waals surface area contributed by atoms with Crippen LogP contribution in [0.15, 0.2) is 36.8 Å². The molecule has 0 saturated carbocycles. The molecule has 0 spiro atoms. The van der Waals surface area contributed by atoms with Crippen LogP contribution in [0.3, 0.4) is 0 Å². The van der Waals surface area contributed by atoms with E-state index in [9.17, 15) is 0 Å². The number of rotatable bonds is 4. The topological polar surface area (TPSA) is 36.3 Å². The summed E-state index contributed by atoms with van der Waals surface area (Å²) in [7, 11) is 1.97. The summed E-state index contributed by atoms with van der Waals surface area (Å²) in [4.78, 5) is 4.34. The van der Waals surface area contributed by atoms with Crippen molar-refractivity contribution in [1.29, 1.82) is 0 Å². The first kappa shape index (κ1) is 13.2. The van der Waals surface area contributed by atoms with Crippen molar-refractivity contribution in [3.8, 4) is 17.0 Å². The highest BCUT2D eigenvalue weighted by Crippen LogP contribution is 2.21. The second-order valence-corrected chi connectivity index (χ2v) is 5.25. The van der Waals surface area contributed by atoms with Crippen LogP contribution in [-0.2, 0) is 11.8 Å². The van der Waals surface area contributed by atoms with E-state index in [1.54, 1.807) is 6.33 Å². The van der Waals surface area contributed by atoms with E-state index in [4.69, 9.17) is 9.47 Å². The van der Waals surface area contributed by atoms with E-state index in [0.29, 0.717) is 6.61 Å². The molecule has 4 nitrogen and oxygen atoms in total. The van der Waals surface area contributed by atoms with Crippen LogP contribution in [0, 0.1) is 0 Å². The van der Waals surface area contributed by atoms with E-state index in [0.717, 1.165) is 30.0 Å². The van der Waals surface area contributed by atoms with Crippen molar-refractivity contribution in [3.05, 3.63) is 36.8 Å². The fourth-order valence-corrected chi connectivity index (χ4v) is 2.41. The third-order valence-corrected chi connectivity index (χ3v) is 3.56. The zero-order valence-corrected chi connectivity index (χ0v) is 11.8. The highest BCUT2D eigenvalue weighted by Gasteiger charge is 2.14. The number of aromatic nitrogens is 2. The third-order valence-electron chi connectivity index (χ3n) is 3.56. The number of hydrogen-bond acceptors (Lipinski definition) is 3. The van der Waals surface area contributed by atoms with Crippen molar-refractivity contribution >= 4 is 0 Å². The zero-order valence-electron chi connectivity index (χ0n) is 11.8. The molecule has 3 rings (SSSR count). The Kier molecular flexibility index (Phi) is 4.02. The Hall–Kier alpha value is -1.81. The molecule has 1 atom stereocenters. The summed E-state index contributed by atoms with van der Waals surface area (Å²) in [6.45, 7) is 1.51. The van der Waals surface area contributed by atoms with Gasteiger partial charge in [0.1, 0.15) is 12.4 Å². The van der Waals surface area contributed by atoms with Crippen LogP contribution >= 0.6 is 0 Å². The molecule has 20 heavy (non-hydrogen) atoms. The Labute approximate surface area is 119 Å². The summed E-state index contributed by atoms with van der Waals surface area (Å²) in [5, 5.41) is 0. The van der Waals surface area contributed by atoms with Gasteiger partial charge in [-0.05, 0) is 43.5 Å². The molecule has 2 heterocycles. The molecule has 1 aliphatic rings. The van der Waals surface area contributed by atoms with Crippen LogP contribution in [0.2, 0.25) is 0 Å². The molecule has 0 radical (unpaired) electrons. The van der Waals surface area contributed by atoms with Gasteiger partial charge in [-0.1, -0.05) is 0 Å². The summed E-state index contributed by atoms with van der Waals surface area (Å²) in [6.07, 6.45) is 7.58. The lowest BCUT2D eigenvalue weighted by atomic mass is 10.1. The maximum atomic E-state index is 5.79. The van der Waals surface area contributed by atoms with Crippen molar-refractivity contribution in [2.45, 2.75) is 25.4 Å². The molecule has 4 heteroatoms. The van der Waals surface area contributed by atoms with Gasteiger partial charge >= 0.3 is 0 Å². The molecule has 0 N–H and O–H groups in total. The van der Waals surface area contributed by atoms with E-state index >= 15 is 0 Å². The van der Waals surface area contributed by atoms with Gasteiger partial charge in [0.2, 0.25) is 0 Å². The third kappa shape index (κ3) is 3.20. The highest BCUT2D eigenvalue weighted by atomic mass is 16.5. The number of aryl methyl sites for hydroxylation is 1. The predicted octanol–water partition coefficient (Wildman–Crippen LogP) is 3.04. The Morgan fingerprint density at radius 3 is 2.80 bits per heavy atom. The molecule has 1 unspecified atom stereocenters. The summed E-state index contributed by atoms with van der Waals surface area (Å²) >= 11 is 0. The predicted molar refractivity (Wildman–Crippen MR) is 77.7 cm³/mol. The Morgan fingerprint density at radius 1 is 1.30 bits per heavy atom. The van der Waals surface area contributed by atoms with Crippen LogP contribution in [0.5, 0.6) is 5.75 Å². The second-order valence-electron chi connectivity index (χ2n) is 5.25. The van der Waals surface area contributed by atoms with Gasteiger partial charge in [0.05, 0.1) is 18.1 Å². The minimum atomic E-state index is 0.249. The standard InChI is InChI=1S/C16H20N2O2/c1-18-10-16(17-12-18)13-5-7-14(8-6-13)20-11-15-4-2-3-9-19-15/h5-8,10,12,15H,2-4,9,11H2,1H3. The quantitative estimate of drug-likeness (QED) is 0.858. The van der Waals surface area contributed by atoms with Crippen LogP contribution < -0.4 is 4.74 Å². The van der Waals surface area contributed by atoms with Crippen molar-refractivity contribution in [3.63, 3.8) is 0 Å². The maximum absolute atomic E-state index is 5.79. The first-order chi connectivity index (χ1) is 9.81. The van der Waals surface area contributed by atoms with Crippen molar-refractivity contribution in [1.82, 2.24) is 9.55 Å². The van der Waals surface area contributed by atoms with Crippen LogP contribution in [0.25, 0.3) is 11.3 Å². The Morgan fingerprint density at radius 2 is 2.15 bits per heavy atom. The minimum Gasteiger partial charge on any atom is -0.491 e. The largest absolute Gasteiger partial charge is 0.491 e. The van der Waals surface area contributed by atoms with Gasteiger partial charge in [0.15, 0.2) is 0 Å². The van der Waals surface area contributed by atoms with Gasteiger partial charge in [-0.25, -0.2) is 4.98 Å². The average molecular weight is 272 g/mol. The van der Waals surface area contributed by atoms with Crippen molar-refractivity contribution < 1.29 is 9.47 Å². The van der Waals surface area contributed by atoms with Gasteiger partial charge in [0.25, 0.3) is 0 Å². The summed E-state index contributed by atoms with van der Waals surface area (Å²) < 4.78 is 13.4. The summed E-state index contributed by atoms with van der Waals surface area (Å²) in [5.74, 6) is 0.888. The van der Waals surface area contributed by atoms with Gasteiger partial charge < -0.3 is 14.0 Å². The molecule has 1 fully saturated rings. The lowest BCUT2D eigenvalue weighted by Crippen LogP contribution is -2.25. The zero-order chi connectivity index (χ0) is 13.8. The molecule has 1 aromatic carbocycles. The SMILES string of the molecule is Cn1cnc(-c2ccc(OCC3CCCCO3)cc2)c1. The molecular formula is C16H20N2O2. The van der Waals surface area contributed by atoms with Gasteiger partial charge in [0, 0.05) is 25.4 Å². The van der Waals surface area contributed by atoms with Gasteiger partial charge in [-0.3, -0.25) is 0 Å². The first-order valence-corrected chi connectivity index (χ1v) is 7.14. The normalized spacial score (nSPS) is 18.9. The first-order valence-electron chi connectivity index (χ1n) is 7.14. The lowest BCUT2D eigenvalue weighted by Gasteiger charge is -2.22. The molecule has 1 aliphatic heterocycles. The molecule has 1 saturated heterocycles. The molecule has 1 aromatic heterocycles. The summed E-state index contributed by atoms with van der Waals surface area (Å²) in [5.41, 5.74) is 2.08. The molecule has 0 aliphatic carbocycles. The lowest BCUT2D eigenvalue weighted by molar-refractivity contribution is -0.0110. The fraction of sp³-hybridized carbons (Fsp3) is 0.438. The number of benzene rings is 1. The molecule has 2 aromatic rings. The molecule has 0 bridgehead atoms. The summed E-state index contributed by atoms with van der Waals surface area (Å²) in [6, 6.07) is 8.07. The van der Waals surface area contributed by atoms with Gasteiger partial charge in [-0.2, -0.15) is 0 Å². The monoisotopic (exact) mass is 272 g/mol. The van der Waals surface area contributed by atoms with Crippen molar-refractivity contribution in [2.24, 2.45) is 7.05 Å².